The number of rotatable bonds is 2. The Morgan fingerprint density at radius 1 is 1.46 bits per heavy atom. The molecule has 0 bridgehead atoms. The molecule has 0 aliphatic carbocycles. The van der Waals surface area contributed by atoms with Crippen molar-refractivity contribution in [2.24, 2.45) is 0 Å². The molecule has 1 rings (SSSR count). The average molecular weight is 241 g/mol. The lowest BCUT2D eigenvalue weighted by Crippen LogP contribution is -1.95. The molecule has 0 aliphatic rings. The minimum absolute atomic E-state index is 0.326. The molecule has 2 nitrogen and oxygen atoms in total. The Labute approximate surface area is 85.0 Å². The number of hydrogen-bond acceptors (Lipinski definition) is 1. The van der Waals surface area contributed by atoms with E-state index in [-0.39, 0.29) is 0 Å². The second-order valence-electron chi connectivity index (χ2n) is 2.65. The minimum Gasteiger partial charge on any atom is -0.478 e. The molecule has 1 aromatic carbocycles. The lowest BCUT2D eigenvalue weighted by atomic mass is 10.1. The normalized spacial score (nSPS) is 11.4. The van der Waals surface area contributed by atoms with Crippen molar-refractivity contribution in [3.05, 3.63) is 39.9 Å². The van der Waals surface area contributed by atoms with Gasteiger partial charge in [0.2, 0.25) is 0 Å². The van der Waals surface area contributed by atoms with Crippen molar-refractivity contribution in [2.75, 3.05) is 0 Å². The monoisotopic (exact) mass is 240 g/mol. The second-order valence-corrected chi connectivity index (χ2v) is 3.51. The molecule has 13 heavy (non-hydrogen) atoms. The van der Waals surface area contributed by atoms with Gasteiger partial charge in [-0.25, -0.2) is 4.79 Å². The van der Waals surface area contributed by atoms with E-state index in [0.717, 1.165) is 10.0 Å². The number of carbonyl (C=O) groups is 1. The molecule has 0 radical (unpaired) electrons. The molecule has 0 spiro atoms. The molecule has 68 valence electrons. The highest BCUT2D eigenvalue weighted by Gasteiger charge is 2.01. The van der Waals surface area contributed by atoms with Crippen LogP contribution in [0.15, 0.2) is 34.3 Å². The van der Waals surface area contributed by atoms with E-state index in [1.54, 1.807) is 13.0 Å². The number of hydrogen-bond donors (Lipinski definition) is 1. The van der Waals surface area contributed by atoms with Crippen molar-refractivity contribution in [1.29, 1.82) is 0 Å². The number of benzene rings is 1. The number of halogens is 1. The van der Waals surface area contributed by atoms with Gasteiger partial charge in [0.25, 0.3) is 0 Å². The summed E-state index contributed by atoms with van der Waals surface area (Å²) in [5.41, 5.74) is 1.20. The van der Waals surface area contributed by atoms with Gasteiger partial charge < -0.3 is 5.11 Å². The van der Waals surface area contributed by atoms with Crippen LogP contribution in [0.2, 0.25) is 0 Å². The Bertz CT molecular complexity index is 356. The van der Waals surface area contributed by atoms with Gasteiger partial charge in [-0.3, -0.25) is 0 Å². The first-order chi connectivity index (χ1) is 6.11. The molecule has 0 saturated carbocycles. The van der Waals surface area contributed by atoms with Crippen LogP contribution in [0.25, 0.3) is 6.08 Å². The van der Waals surface area contributed by atoms with Crippen molar-refractivity contribution in [3.8, 4) is 0 Å². The number of aliphatic carboxylic acids is 1. The third-order valence-electron chi connectivity index (χ3n) is 1.61. The molecule has 3 heteroatoms. The van der Waals surface area contributed by atoms with Crippen LogP contribution in [0.4, 0.5) is 0 Å². The summed E-state index contributed by atoms with van der Waals surface area (Å²) in [6.07, 6.45) is 1.63. The van der Waals surface area contributed by atoms with E-state index in [1.807, 2.05) is 24.3 Å². The average Bonchev–Trinajstić information content (AvgIpc) is 2.08. The molecule has 0 fully saturated rings. The Balaban J connectivity index is 3.04. The Morgan fingerprint density at radius 3 is 2.62 bits per heavy atom. The fourth-order valence-electron chi connectivity index (χ4n) is 0.887. The maximum atomic E-state index is 10.5. The quantitative estimate of drug-likeness (QED) is 0.808. The van der Waals surface area contributed by atoms with Crippen molar-refractivity contribution in [3.63, 3.8) is 0 Å². The lowest BCUT2D eigenvalue weighted by Gasteiger charge is -1.98. The topological polar surface area (TPSA) is 37.3 Å². The largest absolute Gasteiger partial charge is 0.478 e. The first-order valence-corrected chi connectivity index (χ1v) is 4.56. The van der Waals surface area contributed by atoms with Gasteiger partial charge in [-0.2, -0.15) is 0 Å². The van der Waals surface area contributed by atoms with E-state index in [9.17, 15) is 4.79 Å². The maximum Gasteiger partial charge on any atom is 0.331 e. The summed E-state index contributed by atoms with van der Waals surface area (Å²) in [5.74, 6) is -0.893. The summed E-state index contributed by atoms with van der Waals surface area (Å²) >= 11 is 3.34. The van der Waals surface area contributed by atoms with E-state index in [0.29, 0.717) is 5.57 Å². The van der Waals surface area contributed by atoms with Gasteiger partial charge in [0.05, 0.1) is 0 Å². The van der Waals surface area contributed by atoms with Crippen molar-refractivity contribution < 1.29 is 9.90 Å². The van der Waals surface area contributed by atoms with Gasteiger partial charge in [0, 0.05) is 10.0 Å². The molecule has 1 N–H and O–H groups in total. The lowest BCUT2D eigenvalue weighted by molar-refractivity contribution is -0.132. The Kier molecular flexibility index (Phi) is 3.25. The first kappa shape index (κ1) is 9.99. The van der Waals surface area contributed by atoms with Crippen LogP contribution in [0.5, 0.6) is 0 Å². The molecular weight excluding hydrogens is 232 g/mol. The Hall–Kier alpha value is -1.09. The molecule has 0 saturated heterocycles. The van der Waals surface area contributed by atoms with Crippen LogP contribution in [-0.2, 0) is 4.79 Å². The fourth-order valence-corrected chi connectivity index (χ4v) is 1.29. The highest BCUT2D eigenvalue weighted by molar-refractivity contribution is 9.10. The standard InChI is InChI=1S/C10H9BrO2/c1-7(10(12)13)6-8-4-2-3-5-9(8)11/h2-6H,1H3,(H,12,13). The van der Waals surface area contributed by atoms with Gasteiger partial charge in [0.1, 0.15) is 0 Å². The summed E-state index contributed by atoms with van der Waals surface area (Å²) in [4.78, 5) is 10.5. The SMILES string of the molecule is CC(=Cc1ccccc1Br)C(=O)O. The van der Waals surface area contributed by atoms with E-state index < -0.39 is 5.97 Å². The summed E-state index contributed by atoms with van der Waals surface area (Å²) in [5, 5.41) is 8.65. The first-order valence-electron chi connectivity index (χ1n) is 3.77. The van der Waals surface area contributed by atoms with Gasteiger partial charge in [-0.05, 0) is 24.6 Å². The zero-order valence-corrected chi connectivity index (χ0v) is 8.71. The maximum absolute atomic E-state index is 10.5. The van der Waals surface area contributed by atoms with Crippen LogP contribution in [0.1, 0.15) is 12.5 Å². The highest BCUT2D eigenvalue weighted by atomic mass is 79.9. The second kappa shape index (κ2) is 4.23. The van der Waals surface area contributed by atoms with Gasteiger partial charge in [-0.1, -0.05) is 34.1 Å². The molecule has 0 aliphatic heterocycles. The summed E-state index contributed by atoms with van der Waals surface area (Å²) in [6, 6.07) is 7.49. The molecule has 0 heterocycles. The smallest absolute Gasteiger partial charge is 0.331 e. The van der Waals surface area contributed by atoms with E-state index >= 15 is 0 Å². The zero-order valence-electron chi connectivity index (χ0n) is 7.12. The van der Waals surface area contributed by atoms with Crippen molar-refractivity contribution in [1.82, 2.24) is 0 Å². The van der Waals surface area contributed by atoms with Crippen LogP contribution < -0.4 is 0 Å². The third kappa shape index (κ3) is 2.70. The van der Waals surface area contributed by atoms with Crippen molar-refractivity contribution >= 4 is 28.0 Å². The number of carboxylic acids is 1. The van der Waals surface area contributed by atoms with E-state index in [1.165, 1.54) is 0 Å². The predicted octanol–water partition coefficient (Wildman–Crippen LogP) is 2.94. The highest BCUT2D eigenvalue weighted by Crippen LogP contribution is 2.18. The molecule has 0 aromatic heterocycles. The summed E-state index contributed by atoms with van der Waals surface area (Å²) < 4.78 is 0.899. The van der Waals surface area contributed by atoms with Gasteiger partial charge >= 0.3 is 5.97 Å². The molecular formula is C10H9BrO2. The summed E-state index contributed by atoms with van der Waals surface area (Å²) in [7, 11) is 0. The van der Waals surface area contributed by atoms with Crippen LogP contribution in [0, 0.1) is 0 Å². The zero-order chi connectivity index (χ0) is 9.84. The molecule has 1 aromatic rings. The van der Waals surface area contributed by atoms with Crippen LogP contribution in [0.3, 0.4) is 0 Å². The van der Waals surface area contributed by atoms with E-state index in [2.05, 4.69) is 15.9 Å². The van der Waals surface area contributed by atoms with Crippen LogP contribution in [-0.4, -0.2) is 11.1 Å². The molecule has 0 unspecified atom stereocenters. The van der Waals surface area contributed by atoms with Gasteiger partial charge in [0.15, 0.2) is 0 Å². The number of carboxylic acid groups (broad SMARTS) is 1. The van der Waals surface area contributed by atoms with Crippen molar-refractivity contribution in [2.45, 2.75) is 6.92 Å². The fraction of sp³-hybridized carbons (Fsp3) is 0.100. The molecule has 0 amide bonds. The third-order valence-corrected chi connectivity index (χ3v) is 2.34. The van der Waals surface area contributed by atoms with Gasteiger partial charge in [-0.15, -0.1) is 0 Å². The molecule has 0 atom stereocenters. The predicted molar refractivity (Wildman–Crippen MR) is 55.4 cm³/mol. The van der Waals surface area contributed by atoms with E-state index in [4.69, 9.17) is 5.11 Å². The summed E-state index contributed by atoms with van der Waals surface area (Å²) in [6.45, 7) is 1.57. The minimum atomic E-state index is -0.893. The Morgan fingerprint density at radius 2 is 2.08 bits per heavy atom. The van der Waals surface area contributed by atoms with Crippen LogP contribution >= 0.6 is 15.9 Å².